The lowest BCUT2D eigenvalue weighted by molar-refractivity contribution is 0.147. The molecule has 1 heterocycles. The van der Waals surface area contributed by atoms with Crippen molar-refractivity contribution in [3.63, 3.8) is 0 Å². The topological polar surface area (TPSA) is 15.3 Å². The maximum absolute atomic E-state index is 3.43. The lowest BCUT2D eigenvalue weighted by atomic mass is 9.93. The Bertz CT molecular complexity index is 315. The molecule has 96 valence electrons. The summed E-state index contributed by atoms with van der Waals surface area (Å²) >= 11 is 0. The van der Waals surface area contributed by atoms with E-state index in [2.05, 4.69) is 54.5 Å². The Hall–Kier alpha value is -0.570. The molecule has 1 aliphatic heterocycles. The van der Waals surface area contributed by atoms with Gasteiger partial charge in [0.2, 0.25) is 0 Å². The van der Waals surface area contributed by atoms with E-state index in [1.54, 1.807) is 0 Å². The second kappa shape index (κ2) is 7.00. The molecule has 0 aliphatic carbocycles. The number of rotatable bonds is 3. The van der Waals surface area contributed by atoms with Crippen molar-refractivity contribution in [2.75, 3.05) is 20.1 Å². The monoisotopic (exact) mass is 254 g/mol. The van der Waals surface area contributed by atoms with E-state index in [0.717, 1.165) is 12.5 Å². The number of nitrogens with zero attached hydrogens (tertiary/aromatic N) is 1. The Morgan fingerprint density at radius 1 is 1.29 bits per heavy atom. The number of likely N-dealkylation sites (tertiary alicyclic amines) is 1. The molecule has 3 heteroatoms. The number of hydrogen-bond acceptors (Lipinski definition) is 2. The van der Waals surface area contributed by atoms with Crippen molar-refractivity contribution in [2.45, 2.75) is 25.9 Å². The summed E-state index contributed by atoms with van der Waals surface area (Å²) < 4.78 is 0. The zero-order valence-corrected chi connectivity index (χ0v) is 11.5. The lowest BCUT2D eigenvalue weighted by Crippen LogP contribution is -2.48. The van der Waals surface area contributed by atoms with Gasteiger partial charge < -0.3 is 5.32 Å². The normalized spacial score (nSPS) is 25.3. The van der Waals surface area contributed by atoms with Gasteiger partial charge in [0.1, 0.15) is 0 Å². The van der Waals surface area contributed by atoms with Crippen LogP contribution in [-0.4, -0.2) is 31.1 Å². The van der Waals surface area contributed by atoms with Crippen molar-refractivity contribution in [1.29, 1.82) is 0 Å². The van der Waals surface area contributed by atoms with E-state index in [9.17, 15) is 0 Å². The molecule has 0 bridgehead atoms. The number of nitrogens with one attached hydrogen (secondary N) is 1. The summed E-state index contributed by atoms with van der Waals surface area (Å²) in [4.78, 5) is 2.55. The molecule has 1 fully saturated rings. The third-order valence-electron chi connectivity index (χ3n) is 3.66. The minimum Gasteiger partial charge on any atom is -0.315 e. The Kier molecular flexibility index (Phi) is 5.96. The molecular formula is C14H23ClN2. The zero-order valence-electron chi connectivity index (χ0n) is 10.7. The summed E-state index contributed by atoms with van der Waals surface area (Å²) in [5.41, 5.74) is 1.42. The molecule has 0 saturated carbocycles. The van der Waals surface area contributed by atoms with Crippen LogP contribution in [0.4, 0.5) is 0 Å². The fourth-order valence-corrected chi connectivity index (χ4v) is 2.50. The van der Waals surface area contributed by atoms with E-state index in [1.165, 1.54) is 25.1 Å². The van der Waals surface area contributed by atoms with Gasteiger partial charge in [-0.1, -0.05) is 37.3 Å². The molecule has 1 N–H and O–H groups in total. The second-order valence-electron chi connectivity index (χ2n) is 4.88. The molecule has 1 saturated heterocycles. The molecule has 2 atom stereocenters. The van der Waals surface area contributed by atoms with Crippen molar-refractivity contribution in [3.05, 3.63) is 35.9 Å². The van der Waals surface area contributed by atoms with Crippen molar-refractivity contribution in [3.8, 4) is 0 Å². The smallest absolute Gasteiger partial charge is 0.0234 e. The van der Waals surface area contributed by atoms with Crippen LogP contribution in [0.2, 0.25) is 0 Å². The van der Waals surface area contributed by atoms with E-state index in [4.69, 9.17) is 0 Å². The van der Waals surface area contributed by atoms with E-state index in [1.807, 2.05) is 0 Å². The molecule has 0 unspecified atom stereocenters. The van der Waals surface area contributed by atoms with Gasteiger partial charge in [0.05, 0.1) is 0 Å². The summed E-state index contributed by atoms with van der Waals surface area (Å²) in [6.07, 6.45) is 1.30. The summed E-state index contributed by atoms with van der Waals surface area (Å²) in [5.74, 6) is 0.803. The van der Waals surface area contributed by atoms with Crippen LogP contribution in [0.3, 0.4) is 0 Å². The van der Waals surface area contributed by atoms with Crippen molar-refractivity contribution < 1.29 is 0 Å². The van der Waals surface area contributed by atoms with E-state index >= 15 is 0 Å². The summed E-state index contributed by atoms with van der Waals surface area (Å²) in [6.45, 7) is 5.84. The molecule has 1 aromatic rings. The van der Waals surface area contributed by atoms with Gasteiger partial charge in [0.15, 0.2) is 0 Å². The third-order valence-corrected chi connectivity index (χ3v) is 3.66. The van der Waals surface area contributed by atoms with Crippen LogP contribution in [-0.2, 0) is 6.54 Å². The molecule has 0 amide bonds. The minimum atomic E-state index is 0. The van der Waals surface area contributed by atoms with Gasteiger partial charge in [-0.05, 0) is 31.5 Å². The predicted molar refractivity (Wildman–Crippen MR) is 75.6 cm³/mol. The Morgan fingerprint density at radius 3 is 2.65 bits per heavy atom. The zero-order chi connectivity index (χ0) is 11.4. The number of piperidine rings is 1. The van der Waals surface area contributed by atoms with Gasteiger partial charge in [0.25, 0.3) is 0 Å². The van der Waals surface area contributed by atoms with Crippen LogP contribution in [0.25, 0.3) is 0 Å². The lowest BCUT2D eigenvalue weighted by Gasteiger charge is -2.37. The van der Waals surface area contributed by atoms with Crippen molar-refractivity contribution >= 4 is 12.4 Å². The van der Waals surface area contributed by atoms with Gasteiger partial charge in [-0.25, -0.2) is 0 Å². The standard InChI is InChI=1S/C14H22N2.ClH/c1-12-8-9-16(11-14(12)15-2)10-13-6-4-3-5-7-13;/h3-7,12,14-15H,8-11H2,1-2H3;1H/t12-,14+;/m0./s1. The molecular weight excluding hydrogens is 232 g/mol. The minimum absolute atomic E-state index is 0. The highest BCUT2D eigenvalue weighted by atomic mass is 35.5. The van der Waals surface area contributed by atoms with E-state index < -0.39 is 0 Å². The quantitative estimate of drug-likeness (QED) is 0.892. The molecule has 1 aliphatic rings. The Labute approximate surface area is 111 Å². The van der Waals surface area contributed by atoms with Crippen molar-refractivity contribution in [2.24, 2.45) is 5.92 Å². The average molecular weight is 255 g/mol. The second-order valence-corrected chi connectivity index (χ2v) is 4.88. The first kappa shape index (κ1) is 14.5. The first-order chi connectivity index (χ1) is 7.79. The predicted octanol–water partition coefficient (Wildman–Crippen LogP) is 2.54. The van der Waals surface area contributed by atoms with Crippen molar-refractivity contribution in [1.82, 2.24) is 10.2 Å². The first-order valence-electron chi connectivity index (χ1n) is 6.23. The SMILES string of the molecule is CN[C@@H]1CN(Cc2ccccc2)CC[C@@H]1C.Cl. The largest absolute Gasteiger partial charge is 0.315 e. The maximum Gasteiger partial charge on any atom is 0.0234 e. The molecule has 2 rings (SSSR count). The number of halogens is 1. The fraction of sp³-hybridized carbons (Fsp3) is 0.571. The van der Waals surface area contributed by atoms with Gasteiger partial charge in [-0.3, -0.25) is 4.90 Å². The number of hydrogen-bond donors (Lipinski definition) is 1. The van der Waals surface area contributed by atoms with Crippen LogP contribution in [0, 0.1) is 5.92 Å². The van der Waals surface area contributed by atoms with E-state index in [0.29, 0.717) is 6.04 Å². The maximum atomic E-state index is 3.43. The summed E-state index contributed by atoms with van der Waals surface area (Å²) in [7, 11) is 2.08. The molecule has 0 radical (unpaired) electrons. The molecule has 2 nitrogen and oxygen atoms in total. The molecule has 17 heavy (non-hydrogen) atoms. The van der Waals surface area contributed by atoms with Crippen LogP contribution in [0.5, 0.6) is 0 Å². The number of likely N-dealkylation sites (N-methyl/N-ethyl adjacent to an activating group) is 1. The van der Waals surface area contributed by atoms with Crippen LogP contribution >= 0.6 is 12.4 Å². The molecule has 0 aromatic heterocycles. The van der Waals surface area contributed by atoms with Gasteiger partial charge in [0, 0.05) is 19.1 Å². The highest BCUT2D eigenvalue weighted by molar-refractivity contribution is 5.85. The van der Waals surface area contributed by atoms with Gasteiger partial charge >= 0.3 is 0 Å². The Balaban J connectivity index is 0.00000144. The summed E-state index contributed by atoms with van der Waals surface area (Å²) in [5, 5.41) is 3.43. The third kappa shape index (κ3) is 3.98. The fourth-order valence-electron chi connectivity index (χ4n) is 2.50. The van der Waals surface area contributed by atoms with E-state index in [-0.39, 0.29) is 12.4 Å². The summed E-state index contributed by atoms with van der Waals surface area (Å²) in [6, 6.07) is 11.4. The van der Waals surface area contributed by atoms with Crippen LogP contribution in [0.15, 0.2) is 30.3 Å². The van der Waals surface area contributed by atoms with Crippen LogP contribution in [0.1, 0.15) is 18.9 Å². The first-order valence-corrected chi connectivity index (χ1v) is 6.23. The van der Waals surface area contributed by atoms with Gasteiger partial charge in [-0.15, -0.1) is 12.4 Å². The highest BCUT2D eigenvalue weighted by Crippen LogP contribution is 2.18. The van der Waals surface area contributed by atoms with Crippen LogP contribution < -0.4 is 5.32 Å². The highest BCUT2D eigenvalue weighted by Gasteiger charge is 2.24. The average Bonchev–Trinajstić information content (AvgIpc) is 2.33. The Morgan fingerprint density at radius 2 is 2.00 bits per heavy atom. The number of benzene rings is 1. The van der Waals surface area contributed by atoms with Gasteiger partial charge in [-0.2, -0.15) is 0 Å². The molecule has 0 spiro atoms. The molecule has 1 aromatic carbocycles.